The first kappa shape index (κ1) is 13.4. The molecule has 0 bridgehead atoms. The Kier molecular flexibility index (Phi) is 3.34. The summed E-state index contributed by atoms with van der Waals surface area (Å²) in [7, 11) is 0. The average Bonchev–Trinajstić information content (AvgIpc) is 3.04. The zero-order chi connectivity index (χ0) is 14.9. The van der Waals surface area contributed by atoms with Crippen molar-refractivity contribution in [1.29, 1.82) is 0 Å². The van der Waals surface area contributed by atoms with Gasteiger partial charge in [-0.15, -0.1) is 11.3 Å². The van der Waals surface area contributed by atoms with E-state index in [1.54, 1.807) is 35.9 Å². The van der Waals surface area contributed by atoms with Crippen LogP contribution in [0.1, 0.15) is 0 Å². The van der Waals surface area contributed by atoms with Crippen LogP contribution in [0.4, 0.5) is 0 Å². The van der Waals surface area contributed by atoms with Gasteiger partial charge in [-0.3, -0.25) is 9.97 Å². The van der Waals surface area contributed by atoms with Gasteiger partial charge in [-0.25, -0.2) is 0 Å². The molecular weight excluding hydrogens is 300 g/mol. The van der Waals surface area contributed by atoms with Gasteiger partial charge in [-0.05, 0) is 35.2 Å². The molecule has 1 saturated heterocycles. The number of aliphatic hydroxyl groups is 1. The number of nitrogens with zero attached hydrogens (tertiary/aromatic N) is 2. The summed E-state index contributed by atoms with van der Waals surface area (Å²) in [6, 6.07) is 11.6. The molecule has 3 aromatic rings. The monoisotopic (exact) mass is 312 g/mol. The highest BCUT2D eigenvalue weighted by Crippen LogP contribution is 2.29. The van der Waals surface area contributed by atoms with Crippen LogP contribution in [0.25, 0.3) is 21.8 Å². The molecule has 1 aliphatic heterocycles. The van der Waals surface area contributed by atoms with E-state index in [0.29, 0.717) is 11.4 Å². The maximum absolute atomic E-state index is 9.14. The number of rotatable bonds is 4. The van der Waals surface area contributed by atoms with Crippen molar-refractivity contribution in [3.63, 3.8) is 0 Å². The smallest absolute Gasteiger partial charge is 0.253 e. The number of thiophene rings is 1. The maximum atomic E-state index is 9.14. The van der Waals surface area contributed by atoms with Gasteiger partial charge in [0.1, 0.15) is 5.75 Å². The quantitative estimate of drug-likeness (QED) is 0.750. The molecular formula is C16H12N2O3S. The van der Waals surface area contributed by atoms with Gasteiger partial charge in [0.15, 0.2) is 0 Å². The molecule has 4 heterocycles. The molecule has 0 aliphatic carbocycles. The van der Waals surface area contributed by atoms with Crippen molar-refractivity contribution < 1.29 is 14.6 Å². The van der Waals surface area contributed by atoms with Crippen molar-refractivity contribution in [2.24, 2.45) is 0 Å². The van der Waals surface area contributed by atoms with E-state index in [1.807, 2.05) is 23.6 Å². The average molecular weight is 312 g/mol. The lowest BCUT2D eigenvalue weighted by atomic mass is 10.1. The SMILES string of the molecule is OC1OC1Oc1ccnc(-c2cc(-c3cccs3)ccn2)c1. The van der Waals surface area contributed by atoms with Crippen molar-refractivity contribution in [3.8, 4) is 27.6 Å². The fourth-order valence-electron chi connectivity index (χ4n) is 2.10. The summed E-state index contributed by atoms with van der Waals surface area (Å²) >= 11 is 1.68. The molecule has 110 valence electrons. The number of epoxide rings is 1. The van der Waals surface area contributed by atoms with Crippen molar-refractivity contribution >= 4 is 11.3 Å². The Bertz CT molecular complexity index is 792. The zero-order valence-electron chi connectivity index (χ0n) is 11.4. The summed E-state index contributed by atoms with van der Waals surface area (Å²) in [5, 5.41) is 11.2. The van der Waals surface area contributed by atoms with Gasteiger partial charge in [-0.2, -0.15) is 0 Å². The standard InChI is InChI=1S/C16H12N2O3S/c19-15-16(21-15)20-11-4-6-18-13(9-11)12-8-10(3-5-17-12)14-2-1-7-22-14/h1-9,15-16,19H. The summed E-state index contributed by atoms with van der Waals surface area (Å²) in [6.45, 7) is 0. The van der Waals surface area contributed by atoms with Gasteiger partial charge in [0.2, 0.25) is 6.29 Å². The molecule has 22 heavy (non-hydrogen) atoms. The first-order valence-corrected chi connectivity index (χ1v) is 7.64. The number of aliphatic hydroxyl groups excluding tert-OH is 1. The van der Waals surface area contributed by atoms with E-state index in [0.717, 1.165) is 11.3 Å². The first-order valence-electron chi connectivity index (χ1n) is 6.76. The Morgan fingerprint density at radius 2 is 1.86 bits per heavy atom. The Balaban J connectivity index is 1.64. The first-order chi connectivity index (χ1) is 10.8. The van der Waals surface area contributed by atoms with Crippen LogP contribution in [0, 0.1) is 0 Å². The van der Waals surface area contributed by atoms with E-state index in [1.165, 1.54) is 4.88 Å². The fourth-order valence-corrected chi connectivity index (χ4v) is 2.83. The summed E-state index contributed by atoms with van der Waals surface area (Å²) < 4.78 is 10.3. The lowest BCUT2D eigenvalue weighted by Gasteiger charge is -2.06. The predicted molar refractivity (Wildman–Crippen MR) is 82.3 cm³/mol. The molecule has 6 heteroatoms. The lowest BCUT2D eigenvalue weighted by molar-refractivity contribution is 0.149. The number of aromatic nitrogens is 2. The van der Waals surface area contributed by atoms with Gasteiger partial charge >= 0.3 is 0 Å². The molecule has 0 aromatic carbocycles. The van der Waals surface area contributed by atoms with Crippen molar-refractivity contribution in [1.82, 2.24) is 9.97 Å². The Morgan fingerprint density at radius 1 is 1.09 bits per heavy atom. The molecule has 1 fully saturated rings. The Labute approximate surface area is 130 Å². The Hall–Kier alpha value is -2.28. The highest BCUT2D eigenvalue weighted by Gasteiger charge is 2.39. The second-order valence-corrected chi connectivity index (χ2v) is 5.74. The van der Waals surface area contributed by atoms with Crippen LogP contribution in [0.15, 0.2) is 54.2 Å². The molecule has 2 atom stereocenters. The minimum absolute atomic E-state index is 0.583. The van der Waals surface area contributed by atoms with Crippen LogP contribution in [0.3, 0.4) is 0 Å². The second-order valence-electron chi connectivity index (χ2n) is 4.80. The molecule has 0 spiro atoms. The molecule has 0 radical (unpaired) electrons. The number of hydrogen-bond acceptors (Lipinski definition) is 6. The lowest BCUT2D eigenvalue weighted by Crippen LogP contribution is -2.02. The molecule has 1 aliphatic rings. The topological polar surface area (TPSA) is 67.8 Å². The number of pyridine rings is 2. The molecule has 2 unspecified atom stereocenters. The van der Waals surface area contributed by atoms with Crippen molar-refractivity contribution in [3.05, 3.63) is 54.2 Å². The predicted octanol–water partition coefficient (Wildman–Crippen LogP) is 2.93. The van der Waals surface area contributed by atoms with Gasteiger partial charge in [-0.1, -0.05) is 6.07 Å². The normalized spacial score (nSPS) is 19.9. The van der Waals surface area contributed by atoms with E-state index < -0.39 is 12.6 Å². The highest BCUT2D eigenvalue weighted by atomic mass is 32.1. The van der Waals surface area contributed by atoms with E-state index in [9.17, 15) is 0 Å². The van der Waals surface area contributed by atoms with E-state index in [-0.39, 0.29) is 0 Å². The van der Waals surface area contributed by atoms with Crippen LogP contribution in [0.5, 0.6) is 5.75 Å². The van der Waals surface area contributed by atoms with Crippen molar-refractivity contribution in [2.45, 2.75) is 12.6 Å². The highest BCUT2D eigenvalue weighted by molar-refractivity contribution is 7.13. The van der Waals surface area contributed by atoms with Gasteiger partial charge in [0, 0.05) is 23.3 Å². The summed E-state index contributed by atoms with van der Waals surface area (Å²) in [5.74, 6) is 0.592. The third-order valence-corrected chi connectivity index (χ3v) is 4.16. The Morgan fingerprint density at radius 3 is 2.59 bits per heavy atom. The third-order valence-electron chi connectivity index (χ3n) is 3.24. The van der Waals surface area contributed by atoms with Crippen LogP contribution >= 0.6 is 11.3 Å². The number of hydrogen-bond donors (Lipinski definition) is 1. The van der Waals surface area contributed by atoms with Crippen LogP contribution < -0.4 is 4.74 Å². The maximum Gasteiger partial charge on any atom is 0.253 e. The van der Waals surface area contributed by atoms with Gasteiger partial charge in [0.05, 0.1) is 11.4 Å². The van der Waals surface area contributed by atoms with Gasteiger partial charge < -0.3 is 14.6 Å². The zero-order valence-corrected chi connectivity index (χ0v) is 12.2. The van der Waals surface area contributed by atoms with E-state index >= 15 is 0 Å². The van der Waals surface area contributed by atoms with Crippen LogP contribution in [-0.4, -0.2) is 27.7 Å². The molecule has 3 aromatic heterocycles. The van der Waals surface area contributed by atoms with Crippen LogP contribution in [0.2, 0.25) is 0 Å². The van der Waals surface area contributed by atoms with E-state index in [2.05, 4.69) is 16.0 Å². The minimum atomic E-state index is -0.836. The molecule has 4 rings (SSSR count). The van der Waals surface area contributed by atoms with Gasteiger partial charge in [0.25, 0.3) is 6.29 Å². The summed E-state index contributed by atoms with van der Waals surface area (Å²) in [6.07, 6.45) is 2.00. The largest absolute Gasteiger partial charge is 0.459 e. The third kappa shape index (κ3) is 2.71. The summed E-state index contributed by atoms with van der Waals surface area (Å²) in [4.78, 5) is 9.90. The van der Waals surface area contributed by atoms with E-state index in [4.69, 9.17) is 14.6 Å². The molecule has 0 saturated carbocycles. The molecule has 1 N–H and O–H groups in total. The summed E-state index contributed by atoms with van der Waals surface area (Å²) in [5.41, 5.74) is 2.59. The number of ether oxygens (including phenoxy) is 2. The van der Waals surface area contributed by atoms with Crippen LogP contribution in [-0.2, 0) is 4.74 Å². The molecule has 0 amide bonds. The molecule has 5 nitrogen and oxygen atoms in total. The minimum Gasteiger partial charge on any atom is -0.459 e. The fraction of sp³-hybridized carbons (Fsp3) is 0.125. The van der Waals surface area contributed by atoms with Crippen molar-refractivity contribution in [2.75, 3.05) is 0 Å². The second kappa shape index (κ2) is 5.49.